The Morgan fingerprint density at radius 2 is 1.85 bits per heavy atom. The van der Waals surface area contributed by atoms with Gasteiger partial charge in [-0.25, -0.2) is 4.79 Å². The van der Waals surface area contributed by atoms with Crippen LogP contribution < -0.4 is 11.1 Å². The number of rotatable bonds is 4. The Hall–Kier alpha value is -1.88. The molecule has 0 saturated heterocycles. The minimum absolute atomic E-state index is 0.101. The number of hydrogen-bond acceptors (Lipinski definition) is 3. The molecule has 0 bridgehead atoms. The minimum atomic E-state index is -1.05. The Morgan fingerprint density at radius 1 is 1.20 bits per heavy atom. The van der Waals surface area contributed by atoms with E-state index in [4.69, 9.17) is 10.8 Å². The number of carboxylic acids is 1. The second kappa shape index (κ2) is 6.05. The zero-order valence-electron chi connectivity index (χ0n) is 11.4. The SMILES string of the molecule is NCC1(C(=O)Nc2ccccc2C(=O)O)CCCCC1. The van der Waals surface area contributed by atoms with E-state index in [1.54, 1.807) is 18.2 Å². The van der Waals surface area contributed by atoms with Crippen LogP contribution in [0.1, 0.15) is 42.5 Å². The van der Waals surface area contributed by atoms with E-state index in [0.717, 1.165) is 32.1 Å². The molecule has 0 aromatic heterocycles. The molecule has 0 spiro atoms. The first-order chi connectivity index (χ1) is 9.59. The summed E-state index contributed by atoms with van der Waals surface area (Å²) in [6.07, 6.45) is 4.65. The summed E-state index contributed by atoms with van der Waals surface area (Å²) in [5.41, 5.74) is 5.70. The zero-order chi connectivity index (χ0) is 14.6. The minimum Gasteiger partial charge on any atom is -0.478 e. The van der Waals surface area contributed by atoms with Gasteiger partial charge in [0.1, 0.15) is 0 Å². The summed E-state index contributed by atoms with van der Waals surface area (Å²) in [5, 5.41) is 11.9. The summed E-state index contributed by atoms with van der Waals surface area (Å²) >= 11 is 0. The van der Waals surface area contributed by atoms with Gasteiger partial charge in [-0.1, -0.05) is 31.4 Å². The zero-order valence-corrected chi connectivity index (χ0v) is 11.4. The topological polar surface area (TPSA) is 92.4 Å². The van der Waals surface area contributed by atoms with Gasteiger partial charge in [-0.2, -0.15) is 0 Å². The predicted octanol–water partition coefficient (Wildman–Crippen LogP) is 2.23. The number of amides is 1. The highest BCUT2D eigenvalue weighted by molar-refractivity contribution is 6.02. The van der Waals surface area contributed by atoms with Crippen molar-refractivity contribution in [3.8, 4) is 0 Å². The molecule has 1 aliphatic rings. The normalized spacial score (nSPS) is 17.4. The fourth-order valence-corrected chi connectivity index (χ4v) is 2.79. The van der Waals surface area contributed by atoms with Crippen molar-refractivity contribution in [2.75, 3.05) is 11.9 Å². The third-order valence-corrected chi connectivity index (χ3v) is 4.09. The number of carbonyl (C=O) groups excluding carboxylic acids is 1. The van der Waals surface area contributed by atoms with Crippen LogP contribution in [0.15, 0.2) is 24.3 Å². The van der Waals surface area contributed by atoms with Crippen molar-refractivity contribution in [2.45, 2.75) is 32.1 Å². The molecule has 1 saturated carbocycles. The molecule has 1 fully saturated rings. The molecule has 0 atom stereocenters. The van der Waals surface area contributed by atoms with E-state index in [-0.39, 0.29) is 11.5 Å². The Balaban J connectivity index is 2.20. The molecule has 2 rings (SSSR count). The maximum Gasteiger partial charge on any atom is 0.337 e. The maximum absolute atomic E-state index is 12.5. The number of aromatic carboxylic acids is 1. The van der Waals surface area contributed by atoms with Crippen LogP contribution in [0.4, 0.5) is 5.69 Å². The highest BCUT2D eigenvalue weighted by Gasteiger charge is 2.38. The summed E-state index contributed by atoms with van der Waals surface area (Å²) in [5.74, 6) is -1.21. The summed E-state index contributed by atoms with van der Waals surface area (Å²) in [4.78, 5) is 23.7. The van der Waals surface area contributed by atoms with Gasteiger partial charge in [0.2, 0.25) is 5.91 Å². The second-order valence-electron chi connectivity index (χ2n) is 5.35. The van der Waals surface area contributed by atoms with Crippen LogP contribution in [0.25, 0.3) is 0 Å². The van der Waals surface area contributed by atoms with E-state index < -0.39 is 11.4 Å². The summed E-state index contributed by atoms with van der Waals surface area (Å²) in [7, 11) is 0. The van der Waals surface area contributed by atoms with Crippen LogP contribution in [0.3, 0.4) is 0 Å². The predicted molar refractivity (Wildman–Crippen MR) is 76.6 cm³/mol. The fraction of sp³-hybridized carbons (Fsp3) is 0.467. The molecule has 1 aliphatic carbocycles. The van der Waals surface area contributed by atoms with Crippen molar-refractivity contribution < 1.29 is 14.7 Å². The Bertz CT molecular complexity index is 508. The third kappa shape index (κ3) is 2.82. The Kier molecular flexibility index (Phi) is 4.39. The molecular formula is C15H20N2O3. The number of carboxylic acid groups (broad SMARTS) is 1. The molecule has 1 aromatic carbocycles. The molecule has 1 amide bonds. The number of carbonyl (C=O) groups is 2. The van der Waals surface area contributed by atoms with Crippen molar-refractivity contribution in [2.24, 2.45) is 11.1 Å². The lowest BCUT2D eigenvalue weighted by molar-refractivity contribution is -0.126. The van der Waals surface area contributed by atoms with Crippen LogP contribution in [-0.4, -0.2) is 23.5 Å². The van der Waals surface area contributed by atoms with Crippen molar-refractivity contribution >= 4 is 17.6 Å². The van der Waals surface area contributed by atoms with Gasteiger partial charge in [0.25, 0.3) is 0 Å². The van der Waals surface area contributed by atoms with Crippen molar-refractivity contribution in [3.05, 3.63) is 29.8 Å². The lowest BCUT2D eigenvalue weighted by Crippen LogP contribution is -2.44. The standard InChI is InChI=1S/C15H20N2O3/c16-10-15(8-4-1-5-9-15)14(20)17-12-7-3-2-6-11(12)13(18)19/h2-3,6-7H,1,4-5,8-10,16H2,(H,17,20)(H,18,19). The molecule has 5 nitrogen and oxygen atoms in total. The lowest BCUT2D eigenvalue weighted by atomic mass is 9.73. The Morgan fingerprint density at radius 3 is 2.45 bits per heavy atom. The molecular weight excluding hydrogens is 256 g/mol. The number of para-hydroxylation sites is 1. The lowest BCUT2D eigenvalue weighted by Gasteiger charge is -2.34. The van der Waals surface area contributed by atoms with Gasteiger partial charge in [-0.3, -0.25) is 4.79 Å². The number of hydrogen-bond donors (Lipinski definition) is 3. The van der Waals surface area contributed by atoms with Crippen molar-refractivity contribution in [1.82, 2.24) is 0 Å². The van der Waals surface area contributed by atoms with E-state index in [0.29, 0.717) is 12.2 Å². The summed E-state index contributed by atoms with van der Waals surface area (Å²) in [6.45, 7) is 0.300. The van der Waals surface area contributed by atoms with Gasteiger partial charge in [0.05, 0.1) is 16.7 Å². The molecule has 20 heavy (non-hydrogen) atoms. The molecule has 0 radical (unpaired) electrons. The van der Waals surface area contributed by atoms with E-state index in [1.807, 2.05) is 0 Å². The van der Waals surface area contributed by atoms with Gasteiger partial charge in [-0.15, -0.1) is 0 Å². The first-order valence-electron chi connectivity index (χ1n) is 6.93. The van der Waals surface area contributed by atoms with Crippen LogP contribution in [0, 0.1) is 5.41 Å². The third-order valence-electron chi connectivity index (χ3n) is 4.09. The molecule has 0 unspecified atom stereocenters. The number of nitrogens with two attached hydrogens (primary N) is 1. The molecule has 0 heterocycles. The van der Waals surface area contributed by atoms with Crippen molar-refractivity contribution in [1.29, 1.82) is 0 Å². The number of benzene rings is 1. The van der Waals surface area contributed by atoms with Crippen molar-refractivity contribution in [3.63, 3.8) is 0 Å². The van der Waals surface area contributed by atoms with Gasteiger partial charge < -0.3 is 16.2 Å². The van der Waals surface area contributed by atoms with Crippen LogP contribution in [0.5, 0.6) is 0 Å². The smallest absolute Gasteiger partial charge is 0.337 e. The van der Waals surface area contributed by atoms with Crippen LogP contribution >= 0.6 is 0 Å². The van der Waals surface area contributed by atoms with Gasteiger partial charge in [-0.05, 0) is 25.0 Å². The highest BCUT2D eigenvalue weighted by Crippen LogP contribution is 2.36. The Labute approximate surface area is 118 Å². The quantitative estimate of drug-likeness (QED) is 0.786. The fourth-order valence-electron chi connectivity index (χ4n) is 2.79. The average Bonchev–Trinajstić information content (AvgIpc) is 2.48. The largest absolute Gasteiger partial charge is 0.478 e. The van der Waals surface area contributed by atoms with E-state index >= 15 is 0 Å². The van der Waals surface area contributed by atoms with Crippen LogP contribution in [0.2, 0.25) is 0 Å². The number of anilines is 1. The van der Waals surface area contributed by atoms with E-state index in [9.17, 15) is 9.59 Å². The summed E-state index contributed by atoms with van der Waals surface area (Å²) < 4.78 is 0. The maximum atomic E-state index is 12.5. The molecule has 108 valence electrons. The second-order valence-corrected chi connectivity index (χ2v) is 5.35. The van der Waals surface area contributed by atoms with Crippen LogP contribution in [-0.2, 0) is 4.79 Å². The highest BCUT2D eigenvalue weighted by atomic mass is 16.4. The molecule has 5 heteroatoms. The average molecular weight is 276 g/mol. The molecule has 4 N–H and O–H groups in total. The van der Waals surface area contributed by atoms with E-state index in [1.165, 1.54) is 6.07 Å². The monoisotopic (exact) mass is 276 g/mol. The van der Waals surface area contributed by atoms with E-state index in [2.05, 4.69) is 5.32 Å². The molecule has 1 aromatic rings. The summed E-state index contributed by atoms with van der Waals surface area (Å²) in [6, 6.07) is 6.43. The number of nitrogens with one attached hydrogen (secondary N) is 1. The first-order valence-corrected chi connectivity index (χ1v) is 6.93. The molecule has 0 aliphatic heterocycles. The van der Waals surface area contributed by atoms with Gasteiger partial charge in [0, 0.05) is 6.54 Å². The van der Waals surface area contributed by atoms with Gasteiger partial charge >= 0.3 is 5.97 Å². The van der Waals surface area contributed by atoms with Gasteiger partial charge in [0.15, 0.2) is 0 Å². The first kappa shape index (κ1) is 14.5.